The van der Waals surface area contributed by atoms with E-state index >= 15 is 0 Å². The van der Waals surface area contributed by atoms with Gasteiger partial charge < -0.3 is 20.1 Å². The maximum absolute atomic E-state index is 11.0. The van der Waals surface area contributed by atoms with Gasteiger partial charge in [-0.2, -0.15) is 0 Å². The predicted molar refractivity (Wildman–Crippen MR) is 56.7 cm³/mol. The summed E-state index contributed by atoms with van der Waals surface area (Å²) in [5.74, 6) is -0.00953. The Hall–Kier alpha value is -0.650. The Morgan fingerprint density at radius 2 is 2.27 bits per heavy atom. The SMILES string of the molecule is CCOC1CC(NCC(=O)NC)C1OC. The number of likely N-dealkylation sites (N-methyl/N-ethyl adjacent to an activating group) is 1. The summed E-state index contributed by atoms with van der Waals surface area (Å²) >= 11 is 0. The fourth-order valence-electron chi connectivity index (χ4n) is 1.79. The van der Waals surface area contributed by atoms with Gasteiger partial charge in [0.2, 0.25) is 5.91 Å². The molecule has 5 heteroatoms. The molecule has 88 valence electrons. The third-order valence-electron chi connectivity index (χ3n) is 2.71. The summed E-state index contributed by atoms with van der Waals surface area (Å²) in [5, 5.41) is 5.71. The Morgan fingerprint density at radius 1 is 1.53 bits per heavy atom. The number of nitrogens with one attached hydrogen (secondary N) is 2. The summed E-state index contributed by atoms with van der Waals surface area (Å²) < 4.78 is 10.8. The highest BCUT2D eigenvalue weighted by molar-refractivity contribution is 5.77. The van der Waals surface area contributed by atoms with Crippen LogP contribution in [0.3, 0.4) is 0 Å². The molecule has 1 fully saturated rings. The average Bonchev–Trinajstić information content (AvgIpc) is 2.22. The number of hydrogen-bond acceptors (Lipinski definition) is 4. The van der Waals surface area contributed by atoms with Crippen molar-refractivity contribution in [1.82, 2.24) is 10.6 Å². The lowest BCUT2D eigenvalue weighted by Gasteiger charge is -2.43. The van der Waals surface area contributed by atoms with Crippen LogP contribution in [0.15, 0.2) is 0 Å². The van der Waals surface area contributed by atoms with Crippen molar-refractivity contribution in [2.75, 3.05) is 27.3 Å². The Morgan fingerprint density at radius 3 is 2.80 bits per heavy atom. The summed E-state index contributed by atoms with van der Waals surface area (Å²) in [4.78, 5) is 11.0. The topological polar surface area (TPSA) is 59.6 Å². The van der Waals surface area contributed by atoms with Gasteiger partial charge in [0, 0.05) is 26.8 Å². The first-order valence-electron chi connectivity index (χ1n) is 5.31. The molecule has 0 spiro atoms. The molecule has 0 aromatic carbocycles. The van der Waals surface area contributed by atoms with E-state index in [4.69, 9.17) is 9.47 Å². The van der Waals surface area contributed by atoms with E-state index in [1.54, 1.807) is 14.2 Å². The molecule has 0 saturated heterocycles. The molecular formula is C10H20N2O3. The van der Waals surface area contributed by atoms with Crippen LogP contribution in [-0.4, -0.2) is 51.5 Å². The van der Waals surface area contributed by atoms with Crippen LogP contribution in [0.4, 0.5) is 0 Å². The molecule has 0 heterocycles. The van der Waals surface area contributed by atoms with Crippen LogP contribution in [-0.2, 0) is 14.3 Å². The molecule has 1 aliphatic carbocycles. The molecule has 5 nitrogen and oxygen atoms in total. The van der Waals surface area contributed by atoms with E-state index in [1.807, 2.05) is 6.92 Å². The Kier molecular flexibility index (Phi) is 5.01. The minimum atomic E-state index is -0.00953. The van der Waals surface area contributed by atoms with Gasteiger partial charge in [-0.25, -0.2) is 0 Å². The molecule has 1 rings (SSSR count). The van der Waals surface area contributed by atoms with Gasteiger partial charge >= 0.3 is 0 Å². The lowest BCUT2D eigenvalue weighted by Crippen LogP contribution is -2.60. The number of carbonyl (C=O) groups is 1. The minimum absolute atomic E-state index is 0.00953. The van der Waals surface area contributed by atoms with E-state index in [1.165, 1.54) is 0 Å². The second-order valence-electron chi connectivity index (χ2n) is 3.59. The molecule has 1 saturated carbocycles. The molecule has 0 aliphatic heterocycles. The van der Waals surface area contributed by atoms with Crippen molar-refractivity contribution in [2.45, 2.75) is 31.6 Å². The zero-order chi connectivity index (χ0) is 11.3. The number of methoxy groups -OCH3 is 1. The predicted octanol–water partition coefficient (Wildman–Crippen LogP) is -0.486. The molecule has 2 N–H and O–H groups in total. The second-order valence-corrected chi connectivity index (χ2v) is 3.59. The molecule has 3 unspecified atom stereocenters. The molecule has 15 heavy (non-hydrogen) atoms. The standard InChI is InChI=1S/C10H20N2O3/c1-4-15-8-5-7(10(8)14-3)12-6-9(13)11-2/h7-8,10,12H,4-6H2,1-3H3,(H,11,13). The van der Waals surface area contributed by atoms with Crippen LogP contribution in [0, 0.1) is 0 Å². The zero-order valence-corrected chi connectivity index (χ0v) is 9.58. The maximum Gasteiger partial charge on any atom is 0.233 e. The number of amides is 1. The van der Waals surface area contributed by atoms with Crippen molar-refractivity contribution in [1.29, 1.82) is 0 Å². The minimum Gasteiger partial charge on any atom is -0.377 e. The summed E-state index contributed by atoms with van der Waals surface area (Å²) in [7, 11) is 3.30. The molecule has 0 bridgehead atoms. The monoisotopic (exact) mass is 216 g/mol. The summed E-state index contributed by atoms with van der Waals surface area (Å²) in [5.41, 5.74) is 0. The fraction of sp³-hybridized carbons (Fsp3) is 0.900. The molecule has 3 atom stereocenters. The second kappa shape index (κ2) is 6.05. The van der Waals surface area contributed by atoms with Crippen molar-refractivity contribution in [2.24, 2.45) is 0 Å². The van der Waals surface area contributed by atoms with Crippen LogP contribution < -0.4 is 10.6 Å². The third-order valence-corrected chi connectivity index (χ3v) is 2.71. The van der Waals surface area contributed by atoms with E-state index in [9.17, 15) is 4.79 Å². The first kappa shape index (κ1) is 12.4. The largest absolute Gasteiger partial charge is 0.377 e. The highest BCUT2D eigenvalue weighted by Crippen LogP contribution is 2.26. The quantitative estimate of drug-likeness (QED) is 0.629. The van der Waals surface area contributed by atoms with Gasteiger partial charge in [0.05, 0.1) is 18.8 Å². The van der Waals surface area contributed by atoms with Gasteiger partial charge in [0.15, 0.2) is 0 Å². The van der Waals surface area contributed by atoms with E-state index in [0.29, 0.717) is 13.2 Å². The molecule has 1 amide bonds. The number of hydrogen-bond donors (Lipinski definition) is 2. The lowest BCUT2D eigenvalue weighted by molar-refractivity contribution is -0.134. The normalized spacial score (nSPS) is 29.7. The van der Waals surface area contributed by atoms with Gasteiger partial charge in [-0.15, -0.1) is 0 Å². The first-order chi connectivity index (χ1) is 7.22. The molecule has 0 aromatic heterocycles. The van der Waals surface area contributed by atoms with Crippen LogP contribution in [0.1, 0.15) is 13.3 Å². The van der Waals surface area contributed by atoms with Crippen molar-refractivity contribution in [3.05, 3.63) is 0 Å². The number of carbonyl (C=O) groups excluding carboxylic acids is 1. The van der Waals surface area contributed by atoms with Gasteiger partial charge in [0.25, 0.3) is 0 Å². The highest BCUT2D eigenvalue weighted by atomic mass is 16.5. The van der Waals surface area contributed by atoms with Crippen LogP contribution >= 0.6 is 0 Å². The Labute approximate surface area is 90.5 Å². The Balaban J connectivity index is 2.24. The smallest absolute Gasteiger partial charge is 0.233 e. The van der Waals surface area contributed by atoms with Gasteiger partial charge in [-0.3, -0.25) is 4.79 Å². The van der Waals surface area contributed by atoms with E-state index in [0.717, 1.165) is 6.42 Å². The molecular weight excluding hydrogens is 196 g/mol. The molecule has 0 radical (unpaired) electrons. The van der Waals surface area contributed by atoms with E-state index < -0.39 is 0 Å². The summed E-state index contributed by atoms with van der Waals surface area (Å²) in [6, 6.07) is 0.226. The third kappa shape index (κ3) is 3.15. The average molecular weight is 216 g/mol. The number of ether oxygens (including phenoxy) is 2. The molecule has 1 aliphatic rings. The Bertz CT molecular complexity index is 211. The van der Waals surface area contributed by atoms with Crippen molar-refractivity contribution in [3.8, 4) is 0 Å². The van der Waals surface area contributed by atoms with Crippen LogP contribution in [0.25, 0.3) is 0 Å². The fourth-order valence-corrected chi connectivity index (χ4v) is 1.79. The van der Waals surface area contributed by atoms with E-state index in [2.05, 4.69) is 10.6 Å². The van der Waals surface area contributed by atoms with Crippen molar-refractivity contribution >= 4 is 5.91 Å². The van der Waals surface area contributed by atoms with Crippen molar-refractivity contribution in [3.63, 3.8) is 0 Å². The number of rotatable bonds is 6. The van der Waals surface area contributed by atoms with Crippen LogP contribution in [0.5, 0.6) is 0 Å². The zero-order valence-electron chi connectivity index (χ0n) is 9.58. The van der Waals surface area contributed by atoms with Gasteiger partial charge in [-0.05, 0) is 13.3 Å². The maximum atomic E-state index is 11.0. The van der Waals surface area contributed by atoms with Gasteiger partial charge in [-0.1, -0.05) is 0 Å². The molecule has 0 aromatic rings. The van der Waals surface area contributed by atoms with Crippen LogP contribution in [0.2, 0.25) is 0 Å². The summed E-state index contributed by atoms with van der Waals surface area (Å²) in [6.45, 7) is 3.00. The van der Waals surface area contributed by atoms with E-state index in [-0.39, 0.29) is 24.2 Å². The summed E-state index contributed by atoms with van der Waals surface area (Å²) in [6.07, 6.45) is 1.14. The highest BCUT2D eigenvalue weighted by Gasteiger charge is 2.41. The van der Waals surface area contributed by atoms with Crippen molar-refractivity contribution < 1.29 is 14.3 Å². The lowest BCUT2D eigenvalue weighted by atomic mass is 9.85. The van der Waals surface area contributed by atoms with Gasteiger partial charge in [0.1, 0.15) is 0 Å². The first-order valence-corrected chi connectivity index (χ1v) is 5.31.